The molecule has 0 saturated heterocycles. The average Bonchev–Trinajstić information content (AvgIpc) is 2.85. The van der Waals surface area contributed by atoms with Gasteiger partial charge in [-0.15, -0.1) is 11.8 Å². The molecular weight excluding hydrogens is 282 g/mol. The van der Waals surface area contributed by atoms with Crippen LogP contribution in [-0.2, 0) is 16.1 Å². The van der Waals surface area contributed by atoms with Gasteiger partial charge in [0.15, 0.2) is 0 Å². The molecule has 1 aliphatic heterocycles. The van der Waals surface area contributed by atoms with Crippen molar-refractivity contribution in [3.63, 3.8) is 0 Å². The number of carbonyl (C=O) groups is 1. The van der Waals surface area contributed by atoms with Gasteiger partial charge in [-0.25, -0.2) is 0 Å². The number of nitrogens with zero attached hydrogens (tertiary/aromatic N) is 2. The maximum Gasteiger partial charge on any atom is 0.234 e. The van der Waals surface area contributed by atoms with Crippen LogP contribution in [0.1, 0.15) is 13.8 Å². The molecule has 0 radical (unpaired) electrons. The second-order valence-corrected chi connectivity index (χ2v) is 6.14. The lowest BCUT2D eigenvalue weighted by Crippen LogP contribution is -2.20. The normalized spacial score (nSPS) is 15.5. The highest BCUT2D eigenvalue weighted by Crippen LogP contribution is 2.38. The zero-order valence-electron chi connectivity index (χ0n) is 10.7. The van der Waals surface area contributed by atoms with E-state index in [1.54, 1.807) is 6.92 Å². The predicted molar refractivity (Wildman–Crippen MR) is 80.2 cm³/mol. The van der Waals surface area contributed by atoms with Crippen molar-refractivity contribution in [2.75, 3.05) is 11.1 Å². The van der Waals surface area contributed by atoms with Gasteiger partial charge in [0.1, 0.15) is 11.4 Å². The van der Waals surface area contributed by atoms with Gasteiger partial charge in [-0.3, -0.25) is 4.79 Å². The summed E-state index contributed by atoms with van der Waals surface area (Å²) in [6, 6.07) is 5.51. The Bertz CT molecular complexity index is 554. The van der Waals surface area contributed by atoms with E-state index in [9.17, 15) is 9.90 Å². The third kappa shape index (κ3) is 3.65. The van der Waals surface area contributed by atoms with Gasteiger partial charge in [0.2, 0.25) is 5.91 Å². The zero-order valence-corrected chi connectivity index (χ0v) is 12.3. The molecule has 5 nitrogen and oxygen atoms in total. The maximum atomic E-state index is 11.8. The monoisotopic (exact) mass is 297 g/mol. The summed E-state index contributed by atoms with van der Waals surface area (Å²) < 4.78 is 8.29. The van der Waals surface area contributed by atoms with Crippen molar-refractivity contribution in [3.8, 4) is 0 Å². The van der Waals surface area contributed by atoms with Crippen LogP contribution >= 0.6 is 11.8 Å². The van der Waals surface area contributed by atoms with Crippen LogP contribution < -0.4 is 5.32 Å². The minimum absolute atomic E-state index is 0.0301. The van der Waals surface area contributed by atoms with Crippen molar-refractivity contribution in [1.29, 1.82) is 0 Å². The van der Waals surface area contributed by atoms with Crippen LogP contribution in [0.25, 0.3) is 0 Å². The van der Waals surface area contributed by atoms with Gasteiger partial charge in [0.05, 0.1) is 28.9 Å². The first-order chi connectivity index (χ1) is 9.08. The van der Waals surface area contributed by atoms with Gasteiger partial charge in [-0.05, 0) is 19.1 Å². The van der Waals surface area contributed by atoms with Gasteiger partial charge in [0.25, 0.3) is 0 Å². The van der Waals surface area contributed by atoms with Crippen LogP contribution in [0.15, 0.2) is 26.9 Å². The quantitative estimate of drug-likeness (QED) is 0.891. The lowest BCUT2D eigenvalue weighted by molar-refractivity contribution is -0.113. The molecule has 1 amide bonds. The van der Waals surface area contributed by atoms with Crippen molar-refractivity contribution in [3.05, 3.63) is 18.2 Å². The fraction of sp³-hybridized carbons (Fsp3) is 0.417. The summed E-state index contributed by atoms with van der Waals surface area (Å²) in [5.41, 5.74) is 2.18. The molecule has 2 atom stereocenters. The molecule has 2 unspecified atom stereocenters. The molecule has 19 heavy (non-hydrogen) atoms. The number of aliphatic hydroxyl groups excluding tert-OH is 1. The summed E-state index contributed by atoms with van der Waals surface area (Å²) in [5, 5.41) is 12.2. The highest BCUT2D eigenvalue weighted by atomic mass is 32.2. The molecule has 0 fully saturated rings. The fourth-order valence-corrected chi connectivity index (χ4v) is 2.75. The number of fused-ring (bicyclic) bond motifs is 1. The van der Waals surface area contributed by atoms with Crippen molar-refractivity contribution in [2.24, 2.45) is 8.73 Å². The number of anilines is 1. The van der Waals surface area contributed by atoms with E-state index >= 15 is 0 Å². The Morgan fingerprint density at radius 1 is 1.47 bits per heavy atom. The molecule has 0 aliphatic carbocycles. The highest BCUT2D eigenvalue weighted by Gasteiger charge is 2.15. The Morgan fingerprint density at radius 2 is 2.26 bits per heavy atom. The third-order valence-electron chi connectivity index (χ3n) is 2.72. The molecular formula is C12H15N3O2S2. The first-order valence-corrected chi connectivity index (χ1v) is 7.66. The van der Waals surface area contributed by atoms with Crippen molar-refractivity contribution >= 4 is 46.1 Å². The highest BCUT2D eigenvalue weighted by molar-refractivity contribution is 8.00. The smallest absolute Gasteiger partial charge is 0.234 e. The Hall–Kier alpha value is -1.18. The molecule has 0 saturated carbocycles. The second kappa shape index (κ2) is 6.31. The lowest BCUT2D eigenvalue weighted by atomic mass is 10.2. The minimum Gasteiger partial charge on any atom is -0.392 e. The standard InChI is InChI=1S/C12H15N3O2S2/c1-7(16)8(2)18-6-11(17)13-9-4-3-5-10-12(9)15-19-14-10/h3-5,7-8,16H,6H2,1-2H3,(H,13,17). The van der Waals surface area contributed by atoms with Crippen LogP contribution in [0.4, 0.5) is 17.1 Å². The van der Waals surface area contributed by atoms with E-state index in [-0.39, 0.29) is 11.2 Å². The Balaban J connectivity index is 1.94. The molecule has 0 spiro atoms. The Kier molecular flexibility index (Phi) is 4.73. The molecule has 0 aromatic heterocycles. The van der Waals surface area contributed by atoms with Crippen molar-refractivity contribution < 1.29 is 9.90 Å². The SMILES string of the molecule is CC(O)C(C)SCC(=O)Nc1cccc2c1N=S=N2. The molecule has 102 valence electrons. The van der Waals surface area contributed by atoms with Crippen LogP contribution in [0, 0.1) is 0 Å². The molecule has 7 heteroatoms. The van der Waals surface area contributed by atoms with Gasteiger partial charge in [-0.1, -0.05) is 13.0 Å². The molecule has 2 rings (SSSR count). The summed E-state index contributed by atoms with van der Waals surface area (Å²) >= 11 is 2.55. The number of hydrogen-bond acceptors (Lipinski definition) is 5. The minimum atomic E-state index is -0.427. The second-order valence-electron chi connectivity index (χ2n) is 4.24. The Morgan fingerprint density at radius 3 is 3.00 bits per heavy atom. The number of carbonyl (C=O) groups excluding carboxylic acids is 1. The zero-order chi connectivity index (χ0) is 13.8. The summed E-state index contributed by atoms with van der Waals surface area (Å²) in [5.74, 6) is 0.207. The summed E-state index contributed by atoms with van der Waals surface area (Å²) in [6.07, 6.45) is -0.427. The predicted octanol–water partition coefficient (Wildman–Crippen LogP) is 2.85. The van der Waals surface area contributed by atoms with Crippen molar-refractivity contribution in [1.82, 2.24) is 0 Å². The van der Waals surface area contributed by atoms with Crippen molar-refractivity contribution in [2.45, 2.75) is 25.2 Å². The molecule has 1 aromatic carbocycles. The third-order valence-corrected chi connectivity index (χ3v) is 4.61. The van der Waals surface area contributed by atoms with Crippen LogP contribution in [0.5, 0.6) is 0 Å². The number of nitrogens with one attached hydrogen (secondary N) is 1. The summed E-state index contributed by atoms with van der Waals surface area (Å²) in [7, 11) is 0. The molecule has 1 aromatic rings. The number of hydrogen-bond donors (Lipinski definition) is 2. The van der Waals surface area contributed by atoms with Crippen LogP contribution in [0.2, 0.25) is 0 Å². The summed E-state index contributed by atoms with van der Waals surface area (Å²) in [6.45, 7) is 3.62. The van der Waals surface area contributed by atoms with Crippen LogP contribution in [-0.4, -0.2) is 28.1 Å². The van der Waals surface area contributed by atoms with Gasteiger partial charge in [0, 0.05) is 5.25 Å². The number of aliphatic hydroxyl groups is 1. The van der Waals surface area contributed by atoms with E-state index in [2.05, 4.69) is 14.0 Å². The Labute approximate surface area is 119 Å². The van der Waals surface area contributed by atoms with E-state index in [1.165, 1.54) is 11.8 Å². The fourth-order valence-electron chi connectivity index (χ4n) is 1.44. The number of thioether (sulfide) groups is 1. The topological polar surface area (TPSA) is 74.0 Å². The van der Waals surface area contributed by atoms with E-state index in [0.717, 1.165) is 22.7 Å². The van der Waals surface area contributed by atoms with Gasteiger partial charge in [-0.2, -0.15) is 8.73 Å². The molecule has 2 N–H and O–H groups in total. The maximum absolute atomic E-state index is 11.8. The number of amides is 1. The average molecular weight is 297 g/mol. The van der Waals surface area contributed by atoms with E-state index in [4.69, 9.17) is 0 Å². The van der Waals surface area contributed by atoms with E-state index in [0.29, 0.717) is 11.4 Å². The van der Waals surface area contributed by atoms with E-state index in [1.807, 2.05) is 25.1 Å². The number of rotatable bonds is 5. The first kappa shape index (κ1) is 14.2. The first-order valence-electron chi connectivity index (χ1n) is 5.88. The molecule has 0 bridgehead atoms. The number of benzene rings is 1. The largest absolute Gasteiger partial charge is 0.392 e. The lowest BCUT2D eigenvalue weighted by Gasteiger charge is -2.14. The van der Waals surface area contributed by atoms with Gasteiger partial charge < -0.3 is 10.4 Å². The molecule has 1 heterocycles. The van der Waals surface area contributed by atoms with Crippen LogP contribution in [0.3, 0.4) is 0 Å². The van der Waals surface area contributed by atoms with Gasteiger partial charge >= 0.3 is 0 Å². The summed E-state index contributed by atoms with van der Waals surface area (Å²) in [4.78, 5) is 11.8. The molecule has 1 aliphatic rings. The van der Waals surface area contributed by atoms with E-state index < -0.39 is 6.10 Å².